The van der Waals surface area contributed by atoms with Crippen LogP contribution in [0.1, 0.15) is 5.56 Å². The molecule has 0 saturated heterocycles. The maximum absolute atomic E-state index is 13.4. The van der Waals surface area contributed by atoms with Gasteiger partial charge in [0.2, 0.25) is 11.8 Å². The highest BCUT2D eigenvalue weighted by Crippen LogP contribution is 2.20. The fourth-order valence-electron chi connectivity index (χ4n) is 1.28. The van der Waals surface area contributed by atoms with Gasteiger partial charge in [0.25, 0.3) is 5.88 Å². The molecule has 2 aromatic rings. The molecule has 0 unspecified atom stereocenters. The molecule has 0 spiro atoms. The fraction of sp³-hybridized carbons (Fsp3) is 0.0909. The molecular weight excluding hydrogens is 303 g/mol. The molecule has 0 bridgehead atoms. The van der Waals surface area contributed by atoms with Crippen molar-refractivity contribution in [2.24, 2.45) is 5.84 Å². The molecule has 5 nitrogen and oxygen atoms in total. The van der Waals surface area contributed by atoms with Gasteiger partial charge in [-0.05, 0) is 6.07 Å². The number of halogens is 2. The van der Waals surface area contributed by atoms with Crippen LogP contribution >= 0.6 is 15.9 Å². The number of hydrazine groups is 1. The largest absolute Gasteiger partial charge is 0.471 e. The van der Waals surface area contributed by atoms with Gasteiger partial charge in [-0.1, -0.05) is 34.1 Å². The summed E-state index contributed by atoms with van der Waals surface area (Å²) in [5.74, 6) is 4.45. The van der Waals surface area contributed by atoms with E-state index < -0.39 is 5.82 Å². The van der Waals surface area contributed by atoms with Crippen molar-refractivity contribution < 1.29 is 9.13 Å². The summed E-state index contributed by atoms with van der Waals surface area (Å²) in [6.45, 7) is 0.194. The Balaban J connectivity index is 2.13. The van der Waals surface area contributed by atoms with Gasteiger partial charge in [-0.25, -0.2) is 10.8 Å². The normalized spacial score (nSPS) is 10.2. The molecule has 94 valence electrons. The standard InChI is InChI=1S/C11H10BrFN4O/c12-8-4-2-1-3-7(8)6-18-10-9(13)5-15-11(16-10)17-14/h1-5H,6,14H2,(H,15,16,17). The number of hydrogen-bond donors (Lipinski definition) is 2. The summed E-state index contributed by atoms with van der Waals surface area (Å²) < 4.78 is 19.6. The number of ether oxygens (including phenoxy) is 1. The molecule has 0 radical (unpaired) electrons. The first-order valence-corrected chi connectivity index (χ1v) is 5.85. The van der Waals surface area contributed by atoms with E-state index in [9.17, 15) is 4.39 Å². The minimum Gasteiger partial charge on any atom is -0.471 e. The Bertz CT molecular complexity index is 552. The SMILES string of the molecule is NNc1ncc(F)c(OCc2ccccc2Br)n1. The lowest BCUT2D eigenvalue weighted by molar-refractivity contribution is 0.276. The Morgan fingerprint density at radius 2 is 2.17 bits per heavy atom. The van der Waals surface area contributed by atoms with Crippen LogP contribution in [0.15, 0.2) is 34.9 Å². The van der Waals surface area contributed by atoms with Gasteiger partial charge in [-0.3, -0.25) is 5.43 Å². The minimum atomic E-state index is -0.638. The van der Waals surface area contributed by atoms with Crippen LogP contribution in [0, 0.1) is 5.82 Å². The van der Waals surface area contributed by atoms with E-state index in [0.717, 1.165) is 16.2 Å². The van der Waals surface area contributed by atoms with Crippen LogP contribution in [0.5, 0.6) is 5.88 Å². The minimum absolute atomic E-state index is 0.0959. The number of rotatable bonds is 4. The molecule has 0 amide bonds. The zero-order valence-corrected chi connectivity index (χ0v) is 10.8. The van der Waals surface area contributed by atoms with Gasteiger partial charge in [0, 0.05) is 10.0 Å². The predicted molar refractivity (Wildman–Crippen MR) is 68.3 cm³/mol. The summed E-state index contributed by atoms with van der Waals surface area (Å²) >= 11 is 3.38. The predicted octanol–water partition coefficient (Wildman–Crippen LogP) is 2.24. The first kappa shape index (κ1) is 12.7. The van der Waals surface area contributed by atoms with Crippen LogP contribution in [0.25, 0.3) is 0 Å². The molecule has 0 aliphatic heterocycles. The molecule has 0 aliphatic carbocycles. The van der Waals surface area contributed by atoms with E-state index in [1.165, 1.54) is 0 Å². The summed E-state index contributed by atoms with van der Waals surface area (Å²) in [7, 11) is 0. The van der Waals surface area contributed by atoms with E-state index in [1.54, 1.807) is 0 Å². The van der Waals surface area contributed by atoms with Gasteiger partial charge in [-0.15, -0.1) is 0 Å². The van der Waals surface area contributed by atoms with Crippen LogP contribution < -0.4 is 16.0 Å². The van der Waals surface area contributed by atoms with E-state index in [-0.39, 0.29) is 18.4 Å². The van der Waals surface area contributed by atoms with E-state index in [1.807, 2.05) is 24.3 Å². The quantitative estimate of drug-likeness (QED) is 0.669. The third-order valence-electron chi connectivity index (χ3n) is 2.16. The second kappa shape index (κ2) is 5.74. The molecule has 0 fully saturated rings. The average Bonchev–Trinajstić information content (AvgIpc) is 2.39. The van der Waals surface area contributed by atoms with E-state index >= 15 is 0 Å². The van der Waals surface area contributed by atoms with Crippen molar-refractivity contribution >= 4 is 21.9 Å². The van der Waals surface area contributed by atoms with Crippen molar-refractivity contribution in [3.05, 3.63) is 46.3 Å². The van der Waals surface area contributed by atoms with Crippen molar-refractivity contribution in [1.82, 2.24) is 9.97 Å². The molecule has 0 saturated carbocycles. The summed E-state index contributed by atoms with van der Waals surface area (Å²) in [4.78, 5) is 7.39. The van der Waals surface area contributed by atoms with Gasteiger partial charge in [-0.2, -0.15) is 9.37 Å². The molecule has 1 heterocycles. The fourth-order valence-corrected chi connectivity index (χ4v) is 1.68. The Labute approximate surface area is 111 Å². The summed E-state index contributed by atoms with van der Waals surface area (Å²) in [6.07, 6.45) is 0.998. The lowest BCUT2D eigenvalue weighted by Crippen LogP contribution is -2.11. The molecule has 2 rings (SSSR count). The molecular formula is C11H10BrFN4O. The molecule has 3 N–H and O–H groups in total. The molecule has 0 atom stereocenters. The zero-order chi connectivity index (χ0) is 13.0. The Kier molecular flexibility index (Phi) is 4.06. The third kappa shape index (κ3) is 2.93. The lowest BCUT2D eigenvalue weighted by atomic mass is 10.2. The number of nitrogens with one attached hydrogen (secondary N) is 1. The number of nitrogens with zero attached hydrogens (tertiary/aromatic N) is 2. The summed E-state index contributed by atoms with van der Waals surface area (Å²) in [5, 5.41) is 0. The molecule has 0 aliphatic rings. The first-order valence-electron chi connectivity index (χ1n) is 5.06. The van der Waals surface area contributed by atoms with Gasteiger partial charge < -0.3 is 4.74 Å². The highest BCUT2D eigenvalue weighted by atomic mass is 79.9. The topological polar surface area (TPSA) is 73.1 Å². The molecule has 1 aromatic heterocycles. The third-order valence-corrected chi connectivity index (χ3v) is 2.94. The first-order chi connectivity index (χ1) is 8.70. The number of nitrogens with two attached hydrogens (primary N) is 1. The summed E-state index contributed by atoms with van der Waals surface area (Å²) in [5.41, 5.74) is 3.11. The van der Waals surface area contributed by atoms with Crippen LogP contribution in [0.4, 0.5) is 10.3 Å². The number of nitrogen functional groups attached to an aromatic ring is 1. The molecule has 1 aromatic carbocycles. The van der Waals surface area contributed by atoms with Crippen molar-refractivity contribution in [3.63, 3.8) is 0 Å². The van der Waals surface area contributed by atoms with Crippen LogP contribution in [0.2, 0.25) is 0 Å². The van der Waals surface area contributed by atoms with E-state index in [0.29, 0.717) is 0 Å². The van der Waals surface area contributed by atoms with Crippen molar-refractivity contribution in [2.75, 3.05) is 5.43 Å². The van der Waals surface area contributed by atoms with Gasteiger partial charge in [0.1, 0.15) is 6.61 Å². The van der Waals surface area contributed by atoms with E-state index in [2.05, 4.69) is 31.3 Å². The van der Waals surface area contributed by atoms with Crippen molar-refractivity contribution in [1.29, 1.82) is 0 Å². The Hall–Kier alpha value is -1.73. The molecule has 7 heteroatoms. The highest BCUT2D eigenvalue weighted by Gasteiger charge is 2.08. The van der Waals surface area contributed by atoms with Crippen molar-refractivity contribution in [3.8, 4) is 5.88 Å². The zero-order valence-electron chi connectivity index (χ0n) is 9.23. The summed E-state index contributed by atoms with van der Waals surface area (Å²) in [6, 6.07) is 7.50. The van der Waals surface area contributed by atoms with Gasteiger partial charge in [0.05, 0.1) is 6.20 Å². The maximum Gasteiger partial charge on any atom is 0.255 e. The van der Waals surface area contributed by atoms with Crippen LogP contribution in [-0.4, -0.2) is 9.97 Å². The Morgan fingerprint density at radius 1 is 1.39 bits per heavy atom. The van der Waals surface area contributed by atoms with Crippen LogP contribution in [-0.2, 0) is 6.61 Å². The Morgan fingerprint density at radius 3 is 2.89 bits per heavy atom. The van der Waals surface area contributed by atoms with Crippen molar-refractivity contribution in [2.45, 2.75) is 6.61 Å². The highest BCUT2D eigenvalue weighted by molar-refractivity contribution is 9.10. The number of benzene rings is 1. The molecule has 18 heavy (non-hydrogen) atoms. The van der Waals surface area contributed by atoms with E-state index in [4.69, 9.17) is 10.6 Å². The second-order valence-corrected chi connectivity index (χ2v) is 4.23. The van der Waals surface area contributed by atoms with Gasteiger partial charge >= 0.3 is 0 Å². The van der Waals surface area contributed by atoms with Crippen LogP contribution in [0.3, 0.4) is 0 Å². The maximum atomic E-state index is 13.4. The number of hydrogen-bond acceptors (Lipinski definition) is 5. The number of aromatic nitrogens is 2. The van der Waals surface area contributed by atoms with Gasteiger partial charge in [0.15, 0.2) is 0 Å². The monoisotopic (exact) mass is 312 g/mol. The average molecular weight is 313 g/mol. The lowest BCUT2D eigenvalue weighted by Gasteiger charge is -2.08. The number of anilines is 1. The smallest absolute Gasteiger partial charge is 0.255 e. The second-order valence-electron chi connectivity index (χ2n) is 3.37.